The van der Waals surface area contributed by atoms with Crippen LogP contribution in [0.3, 0.4) is 0 Å². The molecule has 26 heavy (non-hydrogen) atoms. The molecule has 3 rings (SSSR count). The molecule has 134 valence electrons. The normalized spacial score (nSPS) is 13.3. The quantitative estimate of drug-likeness (QED) is 0.751. The molecule has 0 atom stereocenters. The van der Waals surface area contributed by atoms with E-state index in [0.717, 1.165) is 27.8 Å². The minimum absolute atomic E-state index is 0.0381. The zero-order valence-corrected chi connectivity index (χ0v) is 15.8. The second kappa shape index (κ2) is 6.49. The Morgan fingerprint density at radius 1 is 1.12 bits per heavy atom. The first-order valence-corrected chi connectivity index (χ1v) is 8.55. The number of fused-ring (bicyclic) bond motifs is 1. The van der Waals surface area contributed by atoms with Gasteiger partial charge in [-0.3, -0.25) is 9.69 Å². The van der Waals surface area contributed by atoms with Crippen LogP contribution in [0.5, 0.6) is 5.75 Å². The van der Waals surface area contributed by atoms with Gasteiger partial charge < -0.3 is 4.74 Å². The summed E-state index contributed by atoms with van der Waals surface area (Å²) in [6.07, 6.45) is 5.42. The first kappa shape index (κ1) is 18.0. The van der Waals surface area contributed by atoms with Crippen molar-refractivity contribution in [2.75, 3.05) is 18.1 Å². The summed E-state index contributed by atoms with van der Waals surface area (Å²) in [6, 6.07) is 3.67. The van der Waals surface area contributed by atoms with Crippen molar-refractivity contribution in [1.82, 2.24) is 0 Å². The standard InChI is InChI=1S/C22H22FNO2/c1-7-8-24-18-10-17(12(2)9-19(18)26-11-20(24)25)21-15(5)13(3)14(4)16(6)22(21)23/h1,9-10H,8,11H2,2-6H3. The monoisotopic (exact) mass is 351 g/mol. The van der Waals surface area contributed by atoms with Crippen LogP contribution in [-0.2, 0) is 4.79 Å². The number of nitrogens with zero attached hydrogens (tertiary/aromatic N) is 1. The lowest BCUT2D eigenvalue weighted by Gasteiger charge is -2.29. The van der Waals surface area contributed by atoms with Crippen LogP contribution in [0.2, 0.25) is 0 Å². The Labute approximate surface area is 153 Å². The lowest BCUT2D eigenvalue weighted by atomic mass is 9.88. The summed E-state index contributed by atoms with van der Waals surface area (Å²) in [5.74, 6) is 2.69. The number of rotatable bonds is 2. The number of terminal acetylenes is 1. The van der Waals surface area contributed by atoms with E-state index in [4.69, 9.17) is 11.2 Å². The Kier molecular flexibility index (Phi) is 4.50. The highest BCUT2D eigenvalue weighted by Crippen LogP contribution is 2.41. The summed E-state index contributed by atoms with van der Waals surface area (Å²) in [5, 5.41) is 0. The van der Waals surface area contributed by atoms with Crippen LogP contribution in [0.4, 0.5) is 10.1 Å². The smallest absolute Gasteiger partial charge is 0.265 e. The van der Waals surface area contributed by atoms with E-state index in [9.17, 15) is 4.79 Å². The minimum Gasteiger partial charge on any atom is -0.482 e. The summed E-state index contributed by atoms with van der Waals surface area (Å²) in [5.41, 5.74) is 6.40. The molecule has 0 fully saturated rings. The van der Waals surface area contributed by atoms with E-state index in [1.54, 1.807) is 6.92 Å². The fraction of sp³-hybridized carbons (Fsp3) is 0.318. The van der Waals surface area contributed by atoms with Crippen molar-refractivity contribution in [3.63, 3.8) is 0 Å². The highest BCUT2D eigenvalue weighted by molar-refractivity contribution is 5.99. The number of amides is 1. The molecular formula is C22H22FNO2. The fourth-order valence-electron chi connectivity index (χ4n) is 3.47. The molecule has 0 bridgehead atoms. The van der Waals surface area contributed by atoms with Gasteiger partial charge in [-0.1, -0.05) is 5.92 Å². The number of hydrogen-bond donors (Lipinski definition) is 0. The molecule has 1 amide bonds. The largest absolute Gasteiger partial charge is 0.482 e. The molecule has 2 aromatic rings. The Hall–Kier alpha value is -2.80. The van der Waals surface area contributed by atoms with Crippen molar-refractivity contribution in [3.8, 4) is 29.2 Å². The Morgan fingerprint density at radius 3 is 2.42 bits per heavy atom. The topological polar surface area (TPSA) is 29.5 Å². The summed E-state index contributed by atoms with van der Waals surface area (Å²) in [6.45, 7) is 9.71. The number of carbonyl (C=O) groups excluding carboxylic acids is 1. The van der Waals surface area contributed by atoms with Crippen LogP contribution in [-0.4, -0.2) is 19.1 Å². The molecule has 2 aromatic carbocycles. The van der Waals surface area contributed by atoms with Crippen molar-refractivity contribution < 1.29 is 13.9 Å². The lowest BCUT2D eigenvalue weighted by Crippen LogP contribution is -2.39. The van der Waals surface area contributed by atoms with Crippen LogP contribution < -0.4 is 9.64 Å². The average Bonchev–Trinajstić information content (AvgIpc) is 2.62. The van der Waals surface area contributed by atoms with Gasteiger partial charge in [0.15, 0.2) is 6.61 Å². The highest BCUT2D eigenvalue weighted by Gasteiger charge is 2.27. The van der Waals surface area contributed by atoms with E-state index in [1.807, 2.05) is 39.8 Å². The molecule has 0 aromatic heterocycles. The molecule has 0 saturated carbocycles. The third-order valence-corrected chi connectivity index (χ3v) is 5.38. The zero-order chi connectivity index (χ0) is 19.2. The van der Waals surface area contributed by atoms with Gasteiger partial charge in [-0.2, -0.15) is 0 Å². The molecule has 0 unspecified atom stereocenters. The number of hydrogen-bond acceptors (Lipinski definition) is 2. The van der Waals surface area contributed by atoms with E-state index >= 15 is 4.39 Å². The Balaban J connectivity index is 2.29. The van der Waals surface area contributed by atoms with E-state index < -0.39 is 0 Å². The van der Waals surface area contributed by atoms with Crippen LogP contribution in [0, 0.1) is 52.8 Å². The first-order chi connectivity index (χ1) is 12.3. The first-order valence-electron chi connectivity index (χ1n) is 8.55. The van der Waals surface area contributed by atoms with Gasteiger partial charge in [-0.15, -0.1) is 6.42 Å². The summed E-state index contributed by atoms with van der Waals surface area (Å²) >= 11 is 0. The van der Waals surface area contributed by atoms with E-state index in [0.29, 0.717) is 22.6 Å². The van der Waals surface area contributed by atoms with Crippen LogP contribution in [0.25, 0.3) is 11.1 Å². The third kappa shape index (κ3) is 2.64. The molecule has 4 heteroatoms. The van der Waals surface area contributed by atoms with Gasteiger partial charge in [0, 0.05) is 5.56 Å². The molecule has 0 aliphatic carbocycles. The minimum atomic E-state index is -0.222. The molecule has 0 radical (unpaired) electrons. The summed E-state index contributed by atoms with van der Waals surface area (Å²) in [4.78, 5) is 13.7. The maximum Gasteiger partial charge on any atom is 0.265 e. The maximum absolute atomic E-state index is 15.2. The van der Waals surface area contributed by atoms with Gasteiger partial charge in [0.05, 0.1) is 12.2 Å². The van der Waals surface area contributed by atoms with Crippen molar-refractivity contribution in [2.45, 2.75) is 34.6 Å². The second-order valence-corrected chi connectivity index (χ2v) is 6.80. The maximum atomic E-state index is 15.2. The van der Waals surface area contributed by atoms with E-state index in [2.05, 4.69) is 5.92 Å². The van der Waals surface area contributed by atoms with E-state index in [1.165, 1.54) is 4.90 Å². The Morgan fingerprint density at radius 2 is 1.77 bits per heavy atom. The number of halogens is 1. The number of ether oxygens (including phenoxy) is 1. The predicted molar refractivity (Wildman–Crippen MR) is 102 cm³/mol. The highest BCUT2D eigenvalue weighted by atomic mass is 19.1. The molecule has 0 N–H and O–H groups in total. The molecule has 3 nitrogen and oxygen atoms in total. The third-order valence-electron chi connectivity index (χ3n) is 5.38. The number of benzene rings is 2. The van der Waals surface area contributed by atoms with Crippen molar-refractivity contribution >= 4 is 11.6 Å². The van der Waals surface area contributed by atoms with Gasteiger partial charge in [0.25, 0.3) is 5.91 Å². The molecule has 1 aliphatic rings. The molecule has 1 aliphatic heterocycles. The molecule has 1 heterocycles. The molecule has 0 saturated heterocycles. The SMILES string of the molecule is C#CCN1C(=O)COc2cc(C)c(-c3c(C)c(C)c(C)c(C)c3F)cc21. The van der Waals surface area contributed by atoms with Gasteiger partial charge in [-0.05, 0) is 80.1 Å². The van der Waals surface area contributed by atoms with Crippen LogP contribution in [0.1, 0.15) is 27.8 Å². The predicted octanol–water partition coefficient (Wildman–Crippen LogP) is 4.39. The number of carbonyl (C=O) groups is 1. The number of anilines is 1. The average molecular weight is 351 g/mol. The van der Waals surface area contributed by atoms with Crippen LogP contribution in [0.15, 0.2) is 12.1 Å². The summed E-state index contributed by atoms with van der Waals surface area (Å²) < 4.78 is 20.7. The molecular weight excluding hydrogens is 329 g/mol. The van der Waals surface area contributed by atoms with Crippen molar-refractivity contribution in [1.29, 1.82) is 0 Å². The fourth-order valence-corrected chi connectivity index (χ4v) is 3.47. The number of aryl methyl sites for hydroxylation is 1. The van der Waals surface area contributed by atoms with Crippen molar-refractivity contribution in [2.24, 2.45) is 0 Å². The van der Waals surface area contributed by atoms with Gasteiger partial charge in [0.2, 0.25) is 0 Å². The lowest BCUT2D eigenvalue weighted by molar-refractivity contribution is -0.121. The second-order valence-electron chi connectivity index (χ2n) is 6.80. The zero-order valence-electron chi connectivity index (χ0n) is 15.8. The van der Waals surface area contributed by atoms with Gasteiger partial charge >= 0.3 is 0 Å². The van der Waals surface area contributed by atoms with Crippen molar-refractivity contribution in [3.05, 3.63) is 45.8 Å². The molecule has 0 spiro atoms. The van der Waals surface area contributed by atoms with Crippen LogP contribution >= 0.6 is 0 Å². The Bertz CT molecular complexity index is 940. The van der Waals surface area contributed by atoms with Gasteiger partial charge in [0.1, 0.15) is 11.6 Å². The van der Waals surface area contributed by atoms with Gasteiger partial charge in [-0.25, -0.2) is 4.39 Å². The van der Waals surface area contributed by atoms with E-state index in [-0.39, 0.29) is 24.9 Å². The summed E-state index contributed by atoms with van der Waals surface area (Å²) in [7, 11) is 0.